The molecule has 0 unspecified atom stereocenters. The molecule has 0 aliphatic carbocycles. The monoisotopic (exact) mass is 334 g/mol. The van der Waals surface area contributed by atoms with Crippen LogP contribution in [0.2, 0.25) is 0 Å². The molecule has 0 aromatic heterocycles. The molecule has 7 nitrogen and oxygen atoms in total. The zero-order valence-corrected chi connectivity index (χ0v) is 9.31. The minimum absolute atomic E-state index is 0. The van der Waals surface area contributed by atoms with Gasteiger partial charge in [0.05, 0.1) is 0 Å². The molecule has 0 bridgehead atoms. The van der Waals surface area contributed by atoms with Crippen LogP contribution in [0.4, 0.5) is 0 Å². The fourth-order valence-electron chi connectivity index (χ4n) is 0.139. The number of rotatable bonds is 2. The second-order valence-electron chi connectivity index (χ2n) is 1.06. The molecule has 0 aromatic carbocycles. The molecule has 0 atom stereocenters. The van der Waals surface area contributed by atoms with Crippen LogP contribution in [-0.2, 0) is 73.0 Å². The van der Waals surface area contributed by atoms with Gasteiger partial charge in [0.2, 0.25) is 0 Å². The van der Waals surface area contributed by atoms with E-state index < -0.39 is 30.0 Å². The summed E-state index contributed by atoms with van der Waals surface area (Å²) in [5.74, 6) is 0. The molecular weight excluding hydrogens is 331 g/mol. The van der Waals surface area contributed by atoms with Gasteiger partial charge in [-0.15, -0.1) is 0 Å². The van der Waals surface area contributed by atoms with Gasteiger partial charge in [-0.25, -0.2) is 0 Å². The minimum atomic E-state index is -5.58. The van der Waals surface area contributed by atoms with E-state index in [4.69, 9.17) is 16.1 Å². The van der Waals surface area contributed by atoms with Crippen LogP contribution < -0.4 is 0 Å². The predicted molar refractivity (Wildman–Crippen MR) is 11.3 cm³/mol. The Bertz CT molecular complexity index is 155. The van der Waals surface area contributed by atoms with Crippen molar-refractivity contribution in [3.8, 4) is 0 Å². The SMILES string of the molecule is [Ni].[Ni].[O]=[V]([OH])([OH])[O][V](=[O])([OH])[OH]. The molecule has 0 saturated heterocycles. The molecule has 0 aliphatic rings. The Morgan fingerprint density at radius 2 is 1.00 bits per heavy atom. The van der Waals surface area contributed by atoms with Gasteiger partial charge in [0.25, 0.3) is 0 Å². The van der Waals surface area contributed by atoms with E-state index >= 15 is 0 Å². The van der Waals surface area contributed by atoms with Gasteiger partial charge >= 0.3 is 56.1 Å². The van der Waals surface area contributed by atoms with Crippen LogP contribution in [0.15, 0.2) is 0 Å². The maximum absolute atomic E-state index is 9.70. The standard InChI is InChI=1S/2Ni.4H2O.3O.2V/h;;4*1H2;;;;;/q;;;;;;;;;2*+2/p-4. The van der Waals surface area contributed by atoms with Gasteiger partial charge in [-0.1, -0.05) is 0 Å². The van der Waals surface area contributed by atoms with Crippen molar-refractivity contribution in [3.05, 3.63) is 0 Å². The Hall–Kier alpha value is 1.56. The fourth-order valence-corrected chi connectivity index (χ4v) is 2.36. The predicted octanol–water partition coefficient (Wildman–Crippen LogP) is -2.54. The first-order valence-corrected chi connectivity index (χ1v) is 6.31. The van der Waals surface area contributed by atoms with Crippen LogP contribution in [0.3, 0.4) is 0 Å². The molecule has 0 heterocycles. The summed E-state index contributed by atoms with van der Waals surface area (Å²) in [6.07, 6.45) is 0. The Labute approximate surface area is 88.5 Å². The zero-order chi connectivity index (χ0) is 7.71. The normalized spacial score (nSPS) is 11.3. The zero-order valence-electron chi connectivity index (χ0n) is 4.54. The summed E-state index contributed by atoms with van der Waals surface area (Å²) in [7, 11) is 0. The van der Waals surface area contributed by atoms with Crippen LogP contribution in [0.5, 0.6) is 0 Å². The van der Waals surface area contributed by atoms with Gasteiger partial charge in [-0.05, 0) is 0 Å². The van der Waals surface area contributed by atoms with Gasteiger partial charge in [0.1, 0.15) is 0 Å². The average Bonchev–Trinajstić information content (AvgIpc) is 1.14. The summed E-state index contributed by atoms with van der Waals surface area (Å²) >= 11 is -11.2. The fraction of sp³-hybridized carbons (Fsp3) is 0. The van der Waals surface area contributed by atoms with Crippen molar-refractivity contribution in [1.82, 2.24) is 0 Å². The van der Waals surface area contributed by atoms with Crippen molar-refractivity contribution in [3.63, 3.8) is 0 Å². The average molecular weight is 335 g/mol. The van der Waals surface area contributed by atoms with E-state index in [1.165, 1.54) is 0 Å². The second-order valence-corrected chi connectivity index (χ2v) is 5.43. The van der Waals surface area contributed by atoms with Gasteiger partial charge in [0.15, 0.2) is 0 Å². The molecule has 0 fully saturated rings. The van der Waals surface area contributed by atoms with E-state index in [1.54, 1.807) is 0 Å². The second kappa shape index (κ2) is 6.08. The van der Waals surface area contributed by atoms with Crippen LogP contribution >= 0.6 is 0 Å². The van der Waals surface area contributed by atoms with Crippen LogP contribution in [0.25, 0.3) is 0 Å². The molecule has 0 rings (SSSR count). The van der Waals surface area contributed by atoms with Crippen molar-refractivity contribution in [1.29, 1.82) is 0 Å². The van der Waals surface area contributed by atoms with Crippen LogP contribution in [0, 0.1) is 0 Å². The van der Waals surface area contributed by atoms with Crippen molar-refractivity contribution >= 4 is 0 Å². The van der Waals surface area contributed by atoms with Crippen molar-refractivity contribution in [2.24, 2.45) is 0 Å². The van der Waals surface area contributed by atoms with Crippen molar-refractivity contribution in [2.75, 3.05) is 0 Å². The molecule has 11 heteroatoms. The van der Waals surface area contributed by atoms with Gasteiger partial charge in [-0.3, -0.25) is 0 Å². The van der Waals surface area contributed by atoms with Crippen LogP contribution in [-0.4, -0.2) is 16.1 Å². The summed E-state index contributed by atoms with van der Waals surface area (Å²) < 4.78 is 53.8. The maximum atomic E-state index is 9.70. The molecule has 11 heavy (non-hydrogen) atoms. The molecule has 0 amide bonds. The third-order valence-electron chi connectivity index (χ3n) is 0.213. The van der Waals surface area contributed by atoms with Gasteiger partial charge in [-0.2, -0.15) is 0 Å². The summed E-state index contributed by atoms with van der Waals surface area (Å²) in [6, 6.07) is 0. The first-order valence-electron chi connectivity index (χ1n) is 1.53. The third-order valence-corrected chi connectivity index (χ3v) is 3.62. The molecule has 0 radical (unpaired) electrons. The molecular formula is H4Ni2O7V2. The Kier molecular flexibility index (Phi) is 10.1. The summed E-state index contributed by atoms with van der Waals surface area (Å²) in [5, 5.41) is 0. The number of hydrogen-bond donors (Lipinski definition) is 4. The summed E-state index contributed by atoms with van der Waals surface area (Å²) in [6.45, 7) is 0. The molecule has 76 valence electrons. The molecule has 0 saturated carbocycles. The van der Waals surface area contributed by atoms with E-state index in [0.29, 0.717) is 0 Å². The van der Waals surface area contributed by atoms with E-state index in [9.17, 15) is 7.35 Å². The van der Waals surface area contributed by atoms with Crippen LogP contribution in [0.1, 0.15) is 0 Å². The summed E-state index contributed by atoms with van der Waals surface area (Å²) in [4.78, 5) is 0. The quantitative estimate of drug-likeness (QED) is 0.410. The Morgan fingerprint density at radius 3 is 1.00 bits per heavy atom. The van der Waals surface area contributed by atoms with E-state index in [1.807, 2.05) is 0 Å². The molecule has 0 aliphatic heterocycles. The first-order chi connectivity index (χ1) is 3.71. The van der Waals surface area contributed by atoms with Gasteiger partial charge in [0, 0.05) is 33.0 Å². The van der Waals surface area contributed by atoms with Crippen molar-refractivity contribution < 1.29 is 89.1 Å². The molecule has 4 N–H and O–H groups in total. The topological polar surface area (TPSA) is 124 Å². The van der Waals surface area contributed by atoms with E-state index in [0.717, 1.165) is 0 Å². The van der Waals surface area contributed by atoms with Gasteiger partial charge < -0.3 is 0 Å². The first kappa shape index (κ1) is 18.4. The summed E-state index contributed by atoms with van der Waals surface area (Å²) in [5.41, 5.74) is 0. The Morgan fingerprint density at radius 1 is 0.818 bits per heavy atom. The van der Waals surface area contributed by atoms with Crippen molar-refractivity contribution in [2.45, 2.75) is 0 Å². The van der Waals surface area contributed by atoms with E-state index in [2.05, 4.69) is 2.59 Å². The third kappa shape index (κ3) is 18.5. The van der Waals surface area contributed by atoms with E-state index in [-0.39, 0.29) is 33.0 Å². The Balaban J connectivity index is -0.000000320. The molecule has 0 spiro atoms. The molecule has 0 aromatic rings. The number of hydrogen-bond acceptors (Lipinski definition) is 3.